The summed E-state index contributed by atoms with van der Waals surface area (Å²) in [6.07, 6.45) is 1.77. The lowest BCUT2D eigenvalue weighted by Crippen LogP contribution is -2.19. The Balaban J connectivity index is 1.52. The van der Waals surface area contributed by atoms with Gasteiger partial charge in [-0.15, -0.1) is 0 Å². The molecule has 1 aliphatic heterocycles. The lowest BCUT2D eigenvalue weighted by Gasteiger charge is -2.13. The van der Waals surface area contributed by atoms with Crippen LogP contribution in [0.1, 0.15) is 23.6 Å². The zero-order valence-electron chi connectivity index (χ0n) is 19.6. The Kier molecular flexibility index (Phi) is 8.31. The second kappa shape index (κ2) is 11.8. The number of benzene rings is 3. The number of rotatable bonds is 8. The molecule has 1 amide bonds. The Labute approximate surface area is 221 Å². The zero-order valence-corrected chi connectivity index (χ0v) is 22.0. The maximum Gasteiger partial charge on any atom is 0.264 e. The van der Waals surface area contributed by atoms with E-state index in [9.17, 15) is 10.1 Å². The number of nitriles is 1. The fraction of sp³-hybridized carbons (Fsp3) is 0.148. The minimum atomic E-state index is -0.232. The molecule has 0 aromatic heterocycles. The van der Waals surface area contributed by atoms with Crippen LogP contribution >= 0.6 is 27.7 Å². The number of nitrogens with one attached hydrogen (secondary N) is 1. The van der Waals surface area contributed by atoms with E-state index in [2.05, 4.69) is 32.3 Å². The highest BCUT2D eigenvalue weighted by Crippen LogP contribution is 2.37. The van der Waals surface area contributed by atoms with Gasteiger partial charge in [0.25, 0.3) is 5.91 Å². The van der Waals surface area contributed by atoms with Crippen molar-refractivity contribution in [2.75, 3.05) is 13.7 Å². The number of carbonyl (C=O) groups excluding carboxylic acids is 1. The third-order valence-electron chi connectivity index (χ3n) is 5.12. The molecule has 0 atom stereocenters. The molecule has 3 aromatic carbocycles. The number of aliphatic imine (C=N–C) groups is 1. The highest BCUT2D eigenvalue weighted by atomic mass is 79.9. The Morgan fingerprint density at radius 2 is 1.89 bits per heavy atom. The van der Waals surface area contributed by atoms with Crippen LogP contribution in [0.15, 0.2) is 75.0 Å². The number of hydrogen-bond donors (Lipinski definition) is 1. The van der Waals surface area contributed by atoms with E-state index in [1.807, 2.05) is 49.4 Å². The van der Waals surface area contributed by atoms with Crippen LogP contribution < -0.4 is 19.5 Å². The first-order valence-electron chi connectivity index (χ1n) is 11.0. The summed E-state index contributed by atoms with van der Waals surface area (Å²) in [6.45, 7) is 2.74. The van der Waals surface area contributed by atoms with E-state index in [1.165, 1.54) is 11.8 Å². The van der Waals surface area contributed by atoms with Crippen molar-refractivity contribution in [1.29, 1.82) is 5.26 Å². The van der Waals surface area contributed by atoms with Gasteiger partial charge in [0.1, 0.15) is 12.4 Å². The number of ether oxygens (including phenoxy) is 3. The van der Waals surface area contributed by atoms with Crippen molar-refractivity contribution in [2.45, 2.75) is 13.5 Å². The SMILES string of the molecule is CCOc1ccc(N=C2NC(=O)/C(=C\c3cc(OC)c(OCc4ccccc4C#N)cc3Br)S2)cc1. The topological polar surface area (TPSA) is 92.9 Å². The van der Waals surface area contributed by atoms with Crippen molar-refractivity contribution in [3.63, 3.8) is 0 Å². The Morgan fingerprint density at radius 1 is 1.11 bits per heavy atom. The van der Waals surface area contributed by atoms with Crippen molar-refractivity contribution < 1.29 is 19.0 Å². The lowest BCUT2D eigenvalue weighted by molar-refractivity contribution is -0.115. The van der Waals surface area contributed by atoms with Gasteiger partial charge in [-0.3, -0.25) is 4.79 Å². The number of hydrogen-bond acceptors (Lipinski definition) is 7. The maximum absolute atomic E-state index is 12.6. The van der Waals surface area contributed by atoms with E-state index in [0.717, 1.165) is 21.3 Å². The third kappa shape index (κ3) is 6.08. The molecule has 1 saturated heterocycles. The van der Waals surface area contributed by atoms with E-state index in [1.54, 1.807) is 31.4 Å². The summed E-state index contributed by atoms with van der Waals surface area (Å²) in [4.78, 5) is 17.6. The monoisotopic (exact) mass is 563 g/mol. The van der Waals surface area contributed by atoms with Crippen LogP contribution in [0.2, 0.25) is 0 Å². The molecule has 0 radical (unpaired) electrons. The smallest absolute Gasteiger partial charge is 0.264 e. The quantitative estimate of drug-likeness (QED) is 0.328. The Hall–Kier alpha value is -3.74. The molecule has 0 spiro atoms. The van der Waals surface area contributed by atoms with E-state index < -0.39 is 0 Å². The molecule has 1 N–H and O–H groups in total. The second-order valence-corrected chi connectivity index (χ2v) is 9.38. The van der Waals surface area contributed by atoms with Crippen LogP contribution in [0.5, 0.6) is 17.2 Å². The maximum atomic E-state index is 12.6. The van der Waals surface area contributed by atoms with Crippen LogP contribution in [0, 0.1) is 11.3 Å². The first-order chi connectivity index (χ1) is 17.5. The van der Waals surface area contributed by atoms with Crippen molar-refractivity contribution in [1.82, 2.24) is 5.32 Å². The number of thioether (sulfide) groups is 1. The van der Waals surface area contributed by atoms with Crippen molar-refractivity contribution in [3.05, 3.63) is 86.7 Å². The molecular weight excluding hydrogens is 542 g/mol. The van der Waals surface area contributed by atoms with Gasteiger partial charge in [0.2, 0.25) is 0 Å². The normalized spacial score (nSPS) is 15.0. The second-order valence-electron chi connectivity index (χ2n) is 7.49. The van der Waals surface area contributed by atoms with Gasteiger partial charge in [-0.2, -0.15) is 5.26 Å². The molecule has 9 heteroatoms. The predicted octanol–water partition coefficient (Wildman–Crippen LogP) is 6.20. The van der Waals surface area contributed by atoms with Crippen LogP contribution in [0.25, 0.3) is 6.08 Å². The van der Waals surface area contributed by atoms with Gasteiger partial charge in [0, 0.05) is 10.0 Å². The summed E-state index contributed by atoms with van der Waals surface area (Å²) in [5.74, 6) is 1.56. The average Bonchev–Trinajstić information content (AvgIpc) is 3.23. The molecule has 0 aliphatic carbocycles. The standard InChI is InChI=1S/C27H22BrN3O4S/c1-3-34-21-10-8-20(9-11-21)30-27-31-26(32)25(36-27)13-19-12-23(33-2)24(14-22(19)28)35-16-18-7-5-4-6-17(18)15-29/h4-14H,3,16H2,1-2H3,(H,30,31,32)/b25-13+. The van der Waals surface area contributed by atoms with Gasteiger partial charge < -0.3 is 19.5 Å². The lowest BCUT2D eigenvalue weighted by atomic mass is 10.1. The molecule has 0 saturated carbocycles. The van der Waals surface area contributed by atoms with Crippen LogP contribution in [0.3, 0.4) is 0 Å². The molecule has 0 bridgehead atoms. The molecule has 3 aromatic rings. The number of nitrogens with zero attached hydrogens (tertiary/aromatic N) is 2. The van der Waals surface area contributed by atoms with Gasteiger partial charge in [-0.05, 0) is 72.8 Å². The van der Waals surface area contributed by atoms with E-state index in [-0.39, 0.29) is 12.5 Å². The van der Waals surface area contributed by atoms with Crippen LogP contribution in [0.4, 0.5) is 5.69 Å². The number of methoxy groups -OCH3 is 1. The zero-order chi connectivity index (χ0) is 25.5. The highest BCUT2D eigenvalue weighted by Gasteiger charge is 2.24. The summed E-state index contributed by atoms with van der Waals surface area (Å²) >= 11 is 4.82. The summed E-state index contributed by atoms with van der Waals surface area (Å²) < 4.78 is 17.6. The van der Waals surface area contributed by atoms with E-state index in [4.69, 9.17) is 14.2 Å². The first kappa shape index (κ1) is 25.4. The summed E-state index contributed by atoms with van der Waals surface area (Å²) in [7, 11) is 1.55. The Bertz CT molecular complexity index is 1380. The molecule has 1 heterocycles. The van der Waals surface area contributed by atoms with Gasteiger partial charge in [0.15, 0.2) is 16.7 Å². The minimum Gasteiger partial charge on any atom is -0.494 e. The number of amidine groups is 1. The van der Waals surface area contributed by atoms with Crippen LogP contribution in [-0.4, -0.2) is 24.8 Å². The Morgan fingerprint density at radius 3 is 2.61 bits per heavy atom. The van der Waals surface area contributed by atoms with E-state index in [0.29, 0.717) is 39.4 Å². The largest absolute Gasteiger partial charge is 0.494 e. The van der Waals surface area contributed by atoms with E-state index >= 15 is 0 Å². The third-order valence-corrected chi connectivity index (χ3v) is 6.72. The first-order valence-corrected chi connectivity index (χ1v) is 12.6. The molecule has 4 rings (SSSR count). The fourth-order valence-electron chi connectivity index (χ4n) is 3.37. The molecule has 1 aliphatic rings. The van der Waals surface area contributed by atoms with Gasteiger partial charge in [-0.25, -0.2) is 4.99 Å². The van der Waals surface area contributed by atoms with Crippen LogP contribution in [-0.2, 0) is 11.4 Å². The molecular formula is C27H22BrN3O4S. The molecule has 36 heavy (non-hydrogen) atoms. The van der Waals surface area contributed by atoms with Gasteiger partial charge >= 0.3 is 0 Å². The molecule has 1 fully saturated rings. The fourth-order valence-corrected chi connectivity index (χ4v) is 4.64. The predicted molar refractivity (Wildman–Crippen MR) is 145 cm³/mol. The van der Waals surface area contributed by atoms with Crippen molar-refractivity contribution in [3.8, 4) is 23.3 Å². The summed E-state index contributed by atoms with van der Waals surface area (Å²) in [5.41, 5.74) is 2.80. The van der Waals surface area contributed by atoms with Gasteiger partial charge in [-0.1, -0.05) is 34.1 Å². The molecule has 0 unspecified atom stereocenters. The summed E-state index contributed by atoms with van der Waals surface area (Å²) in [6, 6.07) is 20.4. The van der Waals surface area contributed by atoms with Crippen molar-refractivity contribution in [2.24, 2.45) is 4.99 Å². The number of amides is 1. The average molecular weight is 564 g/mol. The van der Waals surface area contributed by atoms with Gasteiger partial charge in [0.05, 0.1) is 35.9 Å². The number of carbonyl (C=O) groups is 1. The molecule has 182 valence electrons. The number of halogens is 1. The minimum absolute atomic E-state index is 0.219. The summed E-state index contributed by atoms with van der Waals surface area (Å²) in [5, 5.41) is 12.6. The molecule has 7 nitrogen and oxygen atoms in total. The van der Waals surface area contributed by atoms with Crippen molar-refractivity contribution >= 4 is 50.5 Å². The highest BCUT2D eigenvalue weighted by molar-refractivity contribution is 9.10.